The van der Waals surface area contributed by atoms with E-state index in [1.165, 1.54) is 0 Å². The van der Waals surface area contributed by atoms with E-state index in [2.05, 4.69) is 26.2 Å². The second-order valence-electron chi connectivity index (χ2n) is 5.59. The van der Waals surface area contributed by atoms with E-state index in [9.17, 15) is 8.42 Å². The number of piperazine rings is 1. The lowest BCUT2D eigenvalue weighted by molar-refractivity contribution is 0.258. The Balaban J connectivity index is 0.00000208. The minimum absolute atomic E-state index is 0. The number of hydrogen-bond donors (Lipinski definition) is 1. The number of sulfonamides is 1. The fourth-order valence-electron chi connectivity index (χ4n) is 2.89. The van der Waals surface area contributed by atoms with Crippen molar-refractivity contribution in [3.63, 3.8) is 0 Å². The van der Waals surface area contributed by atoms with Crippen molar-refractivity contribution in [3.8, 4) is 0 Å². The SMILES string of the molecule is Cc1c(Br)cccc1S(=O)(=O)N1CCNCC1c1nccn1C.Cl. The van der Waals surface area contributed by atoms with Gasteiger partial charge in [0, 0.05) is 43.5 Å². The first kappa shape index (κ1) is 19.4. The fourth-order valence-corrected chi connectivity index (χ4v) is 5.22. The lowest BCUT2D eigenvalue weighted by atomic mass is 10.2. The highest BCUT2D eigenvalue weighted by Crippen LogP contribution is 2.31. The average Bonchev–Trinajstić information content (AvgIpc) is 2.96. The largest absolute Gasteiger partial charge is 0.337 e. The zero-order valence-corrected chi connectivity index (χ0v) is 16.7. The van der Waals surface area contributed by atoms with Crippen molar-refractivity contribution < 1.29 is 8.42 Å². The maximum absolute atomic E-state index is 13.2. The van der Waals surface area contributed by atoms with Gasteiger partial charge in [0.15, 0.2) is 0 Å². The second kappa shape index (κ2) is 7.53. The lowest BCUT2D eigenvalue weighted by Gasteiger charge is -2.35. The number of nitrogens with one attached hydrogen (secondary N) is 1. The number of imidazole rings is 1. The van der Waals surface area contributed by atoms with Gasteiger partial charge in [-0.15, -0.1) is 12.4 Å². The molecule has 6 nitrogen and oxygen atoms in total. The summed E-state index contributed by atoms with van der Waals surface area (Å²) in [6.07, 6.45) is 3.53. The van der Waals surface area contributed by atoms with Crippen LogP contribution in [-0.4, -0.2) is 41.9 Å². The fraction of sp³-hybridized carbons (Fsp3) is 0.400. The first-order chi connectivity index (χ1) is 10.9. The third-order valence-corrected chi connectivity index (χ3v) is 7.07. The van der Waals surface area contributed by atoms with Gasteiger partial charge >= 0.3 is 0 Å². The molecule has 24 heavy (non-hydrogen) atoms. The van der Waals surface area contributed by atoms with Gasteiger partial charge in [0.1, 0.15) is 5.82 Å². The number of benzene rings is 1. The van der Waals surface area contributed by atoms with Crippen LogP contribution in [0.25, 0.3) is 0 Å². The normalized spacial score (nSPS) is 19.0. The Labute approximate surface area is 156 Å². The van der Waals surface area contributed by atoms with Gasteiger partial charge < -0.3 is 9.88 Å². The van der Waals surface area contributed by atoms with Crippen LogP contribution in [0.3, 0.4) is 0 Å². The molecule has 1 aliphatic heterocycles. The number of nitrogens with zero attached hydrogens (tertiary/aromatic N) is 3. The van der Waals surface area contributed by atoms with Crippen LogP contribution in [0.15, 0.2) is 40.0 Å². The summed E-state index contributed by atoms with van der Waals surface area (Å²) in [5, 5.41) is 3.26. The van der Waals surface area contributed by atoms with Crippen LogP contribution >= 0.6 is 28.3 Å². The summed E-state index contributed by atoms with van der Waals surface area (Å²) in [4.78, 5) is 4.69. The molecule has 9 heteroatoms. The van der Waals surface area contributed by atoms with Gasteiger partial charge in [-0.1, -0.05) is 22.0 Å². The van der Waals surface area contributed by atoms with Crippen molar-refractivity contribution in [1.29, 1.82) is 0 Å². The number of halogens is 2. The van der Waals surface area contributed by atoms with Gasteiger partial charge in [-0.3, -0.25) is 0 Å². The molecular formula is C15H20BrClN4O2S. The van der Waals surface area contributed by atoms with E-state index < -0.39 is 10.0 Å². The van der Waals surface area contributed by atoms with Crippen molar-refractivity contribution in [2.24, 2.45) is 7.05 Å². The third kappa shape index (κ3) is 3.39. The summed E-state index contributed by atoms with van der Waals surface area (Å²) in [6, 6.07) is 4.95. The molecular weight excluding hydrogens is 416 g/mol. The van der Waals surface area contributed by atoms with Crippen molar-refractivity contribution in [2.45, 2.75) is 17.9 Å². The number of rotatable bonds is 3. The monoisotopic (exact) mass is 434 g/mol. The molecule has 0 bridgehead atoms. The zero-order valence-electron chi connectivity index (χ0n) is 13.4. The summed E-state index contributed by atoms with van der Waals surface area (Å²) >= 11 is 3.42. The molecule has 1 unspecified atom stereocenters. The smallest absolute Gasteiger partial charge is 0.244 e. The first-order valence-corrected chi connectivity index (χ1v) is 9.61. The molecule has 1 atom stereocenters. The minimum atomic E-state index is -3.60. The number of aryl methyl sites for hydroxylation is 1. The van der Waals surface area contributed by atoms with Crippen LogP contribution in [0, 0.1) is 6.92 Å². The van der Waals surface area contributed by atoms with Crippen LogP contribution in [0.4, 0.5) is 0 Å². The van der Waals surface area contributed by atoms with Gasteiger partial charge in [-0.05, 0) is 24.6 Å². The Bertz CT molecular complexity index is 825. The van der Waals surface area contributed by atoms with Crippen LogP contribution in [0.2, 0.25) is 0 Å². The number of aromatic nitrogens is 2. The molecule has 1 aromatic carbocycles. The van der Waals surface area contributed by atoms with E-state index in [1.807, 2.05) is 30.8 Å². The topological polar surface area (TPSA) is 67.2 Å². The summed E-state index contributed by atoms with van der Waals surface area (Å²) in [5.74, 6) is 0.744. The van der Waals surface area contributed by atoms with E-state index in [4.69, 9.17) is 0 Å². The summed E-state index contributed by atoms with van der Waals surface area (Å²) < 4.78 is 30.7. The van der Waals surface area contributed by atoms with Crippen LogP contribution in [0.5, 0.6) is 0 Å². The van der Waals surface area contributed by atoms with Crippen LogP contribution in [0.1, 0.15) is 17.4 Å². The molecule has 0 aliphatic carbocycles. The quantitative estimate of drug-likeness (QED) is 0.803. The Morgan fingerprint density at radius 3 is 2.79 bits per heavy atom. The maximum atomic E-state index is 13.2. The standard InChI is InChI=1S/C15H19BrN4O2S.ClH/c1-11-12(16)4-3-5-14(11)23(21,22)20-9-6-17-10-13(20)15-18-7-8-19(15)2;/h3-5,7-8,13,17H,6,9-10H2,1-2H3;1H. The molecule has 132 valence electrons. The molecule has 0 spiro atoms. The summed E-state index contributed by atoms with van der Waals surface area (Å²) in [7, 11) is -1.72. The highest BCUT2D eigenvalue weighted by molar-refractivity contribution is 9.10. The third-order valence-electron chi connectivity index (χ3n) is 4.16. The molecule has 1 fully saturated rings. The molecule has 2 heterocycles. The Morgan fingerprint density at radius 1 is 1.38 bits per heavy atom. The molecule has 1 aliphatic rings. The van der Waals surface area contributed by atoms with E-state index in [0.29, 0.717) is 24.5 Å². The average molecular weight is 436 g/mol. The highest BCUT2D eigenvalue weighted by Gasteiger charge is 2.37. The Kier molecular flexibility index (Phi) is 6.09. The second-order valence-corrected chi connectivity index (χ2v) is 8.31. The van der Waals surface area contributed by atoms with Crippen molar-refractivity contribution in [2.75, 3.05) is 19.6 Å². The lowest BCUT2D eigenvalue weighted by Crippen LogP contribution is -2.49. The van der Waals surface area contributed by atoms with Gasteiger partial charge in [0.05, 0.1) is 10.9 Å². The van der Waals surface area contributed by atoms with Gasteiger partial charge in [-0.2, -0.15) is 4.31 Å². The van der Waals surface area contributed by atoms with Gasteiger partial charge in [0.2, 0.25) is 10.0 Å². The molecule has 0 amide bonds. The maximum Gasteiger partial charge on any atom is 0.244 e. The van der Waals surface area contributed by atoms with E-state index in [-0.39, 0.29) is 18.4 Å². The van der Waals surface area contributed by atoms with Crippen molar-refractivity contribution in [1.82, 2.24) is 19.2 Å². The van der Waals surface area contributed by atoms with Crippen molar-refractivity contribution >= 4 is 38.4 Å². The van der Waals surface area contributed by atoms with Gasteiger partial charge in [0.25, 0.3) is 0 Å². The van der Waals surface area contributed by atoms with Gasteiger partial charge in [-0.25, -0.2) is 13.4 Å². The minimum Gasteiger partial charge on any atom is -0.337 e. The van der Waals surface area contributed by atoms with E-state index in [0.717, 1.165) is 15.9 Å². The Morgan fingerprint density at radius 2 is 2.12 bits per heavy atom. The predicted octanol–water partition coefficient (Wildman–Crippen LogP) is 2.25. The van der Waals surface area contributed by atoms with Crippen LogP contribution in [-0.2, 0) is 17.1 Å². The molecule has 0 radical (unpaired) electrons. The van der Waals surface area contributed by atoms with E-state index >= 15 is 0 Å². The molecule has 0 saturated carbocycles. The molecule has 2 aromatic rings. The Hall–Kier alpha value is -0.930. The summed E-state index contributed by atoms with van der Waals surface area (Å²) in [6.45, 7) is 3.42. The molecule has 1 N–H and O–H groups in total. The zero-order chi connectivity index (χ0) is 16.6. The van der Waals surface area contributed by atoms with E-state index in [1.54, 1.807) is 22.6 Å². The molecule has 1 saturated heterocycles. The van der Waals surface area contributed by atoms with Crippen LogP contribution < -0.4 is 5.32 Å². The van der Waals surface area contributed by atoms with Crippen molar-refractivity contribution in [3.05, 3.63) is 46.5 Å². The molecule has 3 rings (SSSR count). The predicted molar refractivity (Wildman–Crippen MR) is 98.8 cm³/mol. The number of hydrogen-bond acceptors (Lipinski definition) is 4. The first-order valence-electron chi connectivity index (χ1n) is 7.38. The molecule has 1 aromatic heterocycles. The highest BCUT2D eigenvalue weighted by atomic mass is 79.9. The summed E-state index contributed by atoms with van der Waals surface area (Å²) in [5.41, 5.74) is 0.727.